The summed E-state index contributed by atoms with van der Waals surface area (Å²) in [6, 6.07) is 2.08. The van der Waals surface area contributed by atoms with Gasteiger partial charge in [0, 0.05) is 32.1 Å². The lowest BCUT2D eigenvalue weighted by molar-refractivity contribution is 0.436. The minimum Gasteiger partial charge on any atom is -0.370 e. The smallest absolute Gasteiger partial charge is 0.134 e. The Bertz CT molecular complexity index is 383. The van der Waals surface area contributed by atoms with Crippen molar-refractivity contribution in [1.29, 1.82) is 0 Å². The van der Waals surface area contributed by atoms with Crippen molar-refractivity contribution in [3.05, 3.63) is 11.9 Å². The van der Waals surface area contributed by atoms with E-state index in [2.05, 4.69) is 47.0 Å². The molecule has 2 heterocycles. The normalized spacial score (nSPS) is 16.9. The van der Waals surface area contributed by atoms with Gasteiger partial charge in [-0.1, -0.05) is 13.8 Å². The molecule has 1 aromatic rings. The van der Waals surface area contributed by atoms with E-state index in [-0.39, 0.29) is 0 Å². The maximum Gasteiger partial charge on any atom is 0.134 e. The highest BCUT2D eigenvalue weighted by Gasteiger charge is 2.18. The molecule has 0 saturated carbocycles. The predicted molar refractivity (Wildman–Crippen MR) is 76.2 cm³/mol. The molecule has 1 fully saturated rings. The van der Waals surface area contributed by atoms with Crippen molar-refractivity contribution in [3.63, 3.8) is 0 Å². The molecule has 1 N–H and O–H groups in total. The van der Waals surface area contributed by atoms with Crippen LogP contribution in [0.15, 0.2) is 6.07 Å². The second kappa shape index (κ2) is 6.03. The van der Waals surface area contributed by atoms with Gasteiger partial charge < -0.3 is 10.2 Å². The van der Waals surface area contributed by atoms with Crippen LogP contribution in [0, 0.1) is 5.92 Å². The third kappa shape index (κ3) is 3.12. The van der Waals surface area contributed by atoms with Crippen LogP contribution >= 0.6 is 0 Å². The van der Waals surface area contributed by atoms with Crippen LogP contribution < -0.4 is 10.2 Å². The summed E-state index contributed by atoms with van der Waals surface area (Å²) in [5.41, 5.74) is 0. The van der Waals surface area contributed by atoms with Gasteiger partial charge in [-0.25, -0.2) is 9.97 Å². The van der Waals surface area contributed by atoms with E-state index >= 15 is 0 Å². The van der Waals surface area contributed by atoms with Crippen LogP contribution in [0.2, 0.25) is 0 Å². The molecule has 0 bridgehead atoms. The lowest BCUT2D eigenvalue weighted by Gasteiger charge is -2.31. The first-order valence-corrected chi connectivity index (χ1v) is 7.09. The van der Waals surface area contributed by atoms with Gasteiger partial charge in [0.15, 0.2) is 0 Å². The van der Waals surface area contributed by atoms with Crippen LogP contribution in [0.5, 0.6) is 0 Å². The van der Waals surface area contributed by atoms with E-state index in [1.165, 1.54) is 12.8 Å². The summed E-state index contributed by atoms with van der Waals surface area (Å²) in [6.07, 6.45) is 3.42. The largest absolute Gasteiger partial charge is 0.370 e. The van der Waals surface area contributed by atoms with E-state index in [1.54, 1.807) is 0 Å². The molecule has 100 valence electrons. The third-order valence-electron chi connectivity index (χ3n) is 3.54. The fraction of sp³-hybridized carbons (Fsp3) is 0.714. The van der Waals surface area contributed by atoms with Crippen molar-refractivity contribution < 1.29 is 0 Å². The maximum atomic E-state index is 4.66. The summed E-state index contributed by atoms with van der Waals surface area (Å²) in [5, 5.41) is 3.29. The Labute approximate surface area is 110 Å². The average Bonchev–Trinajstić information content (AvgIpc) is 2.39. The SMILES string of the molecule is CCNc1cc(N2CCC(C)CC2)nc(CC)n1. The molecular weight excluding hydrogens is 224 g/mol. The minimum atomic E-state index is 0.849. The van der Waals surface area contributed by atoms with Gasteiger partial charge in [-0.2, -0.15) is 0 Å². The van der Waals surface area contributed by atoms with E-state index < -0.39 is 0 Å². The van der Waals surface area contributed by atoms with Crippen molar-refractivity contribution in [1.82, 2.24) is 9.97 Å². The van der Waals surface area contributed by atoms with Gasteiger partial charge >= 0.3 is 0 Å². The van der Waals surface area contributed by atoms with Gasteiger partial charge in [-0.3, -0.25) is 0 Å². The Morgan fingerprint density at radius 2 is 2.00 bits per heavy atom. The number of hydrogen-bond acceptors (Lipinski definition) is 4. The Morgan fingerprint density at radius 3 is 2.61 bits per heavy atom. The van der Waals surface area contributed by atoms with Gasteiger partial charge in [-0.15, -0.1) is 0 Å². The molecule has 0 radical (unpaired) electrons. The Balaban J connectivity index is 2.17. The monoisotopic (exact) mass is 248 g/mol. The first-order valence-electron chi connectivity index (χ1n) is 7.09. The number of rotatable bonds is 4. The van der Waals surface area contributed by atoms with Crippen LogP contribution in [0.1, 0.15) is 39.4 Å². The average molecular weight is 248 g/mol. The summed E-state index contributed by atoms with van der Waals surface area (Å²) >= 11 is 0. The predicted octanol–water partition coefficient (Wildman–Crippen LogP) is 2.71. The van der Waals surface area contributed by atoms with Crippen molar-refractivity contribution in [2.45, 2.75) is 40.0 Å². The Hall–Kier alpha value is -1.32. The van der Waals surface area contributed by atoms with Crippen molar-refractivity contribution in [3.8, 4) is 0 Å². The fourth-order valence-electron chi connectivity index (χ4n) is 2.31. The summed E-state index contributed by atoms with van der Waals surface area (Å²) in [4.78, 5) is 11.6. The molecular formula is C14H24N4. The zero-order valence-corrected chi connectivity index (χ0v) is 11.7. The van der Waals surface area contributed by atoms with Gasteiger partial charge in [0.1, 0.15) is 17.5 Å². The molecule has 18 heavy (non-hydrogen) atoms. The first kappa shape index (κ1) is 13.1. The molecule has 0 aromatic carbocycles. The molecule has 1 aliphatic heterocycles. The first-order chi connectivity index (χ1) is 8.72. The minimum absolute atomic E-state index is 0.849. The van der Waals surface area contributed by atoms with Crippen LogP contribution in [0.3, 0.4) is 0 Å². The van der Waals surface area contributed by atoms with Gasteiger partial charge in [0.2, 0.25) is 0 Å². The van der Waals surface area contributed by atoms with Crippen LogP contribution in [0.25, 0.3) is 0 Å². The summed E-state index contributed by atoms with van der Waals surface area (Å²) in [5.74, 6) is 3.83. The highest BCUT2D eigenvalue weighted by Crippen LogP contribution is 2.23. The quantitative estimate of drug-likeness (QED) is 0.889. The zero-order chi connectivity index (χ0) is 13.0. The molecule has 0 aliphatic carbocycles. The Kier molecular flexibility index (Phi) is 4.39. The third-order valence-corrected chi connectivity index (χ3v) is 3.54. The molecule has 1 aliphatic rings. The van der Waals surface area contributed by atoms with Gasteiger partial charge in [0.05, 0.1) is 0 Å². The van der Waals surface area contributed by atoms with E-state index in [0.29, 0.717) is 0 Å². The molecule has 0 unspecified atom stereocenters. The topological polar surface area (TPSA) is 41.0 Å². The number of aromatic nitrogens is 2. The highest BCUT2D eigenvalue weighted by molar-refractivity contribution is 5.49. The van der Waals surface area contributed by atoms with Crippen LogP contribution in [0.4, 0.5) is 11.6 Å². The lowest BCUT2D eigenvalue weighted by atomic mass is 9.99. The van der Waals surface area contributed by atoms with Gasteiger partial charge in [0.25, 0.3) is 0 Å². The van der Waals surface area contributed by atoms with Crippen molar-refractivity contribution in [2.75, 3.05) is 29.9 Å². The van der Waals surface area contributed by atoms with Crippen molar-refractivity contribution >= 4 is 11.6 Å². The number of anilines is 2. The lowest BCUT2D eigenvalue weighted by Crippen LogP contribution is -2.33. The number of nitrogens with one attached hydrogen (secondary N) is 1. The van der Waals surface area contributed by atoms with E-state index in [1.807, 2.05) is 0 Å². The van der Waals surface area contributed by atoms with E-state index in [9.17, 15) is 0 Å². The molecule has 0 amide bonds. The van der Waals surface area contributed by atoms with E-state index in [0.717, 1.165) is 49.4 Å². The summed E-state index contributed by atoms with van der Waals surface area (Å²) < 4.78 is 0. The fourth-order valence-corrected chi connectivity index (χ4v) is 2.31. The summed E-state index contributed by atoms with van der Waals surface area (Å²) in [7, 11) is 0. The maximum absolute atomic E-state index is 4.66. The molecule has 0 atom stereocenters. The van der Waals surface area contributed by atoms with Gasteiger partial charge in [-0.05, 0) is 25.7 Å². The standard InChI is InChI=1S/C14H24N4/c1-4-12-16-13(15-5-2)10-14(17-12)18-8-6-11(3)7-9-18/h10-11H,4-9H2,1-3H3,(H,15,16,17). The second-order valence-corrected chi connectivity index (χ2v) is 5.08. The van der Waals surface area contributed by atoms with E-state index in [4.69, 9.17) is 0 Å². The molecule has 4 nitrogen and oxygen atoms in total. The Morgan fingerprint density at radius 1 is 1.28 bits per heavy atom. The molecule has 4 heteroatoms. The van der Waals surface area contributed by atoms with Crippen LogP contribution in [-0.2, 0) is 6.42 Å². The van der Waals surface area contributed by atoms with Crippen molar-refractivity contribution in [2.24, 2.45) is 5.92 Å². The number of nitrogens with zero attached hydrogens (tertiary/aromatic N) is 3. The highest BCUT2D eigenvalue weighted by atomic mass is 15.2. The second-order valence-electron chi connectivity index (χ2n) is 5.08. The summed E-state index contributed by atoms with van der Waals surface area (Å²) in [6.45, 7) is 9.67. The molecule has 0 spiro atoms. The number of piperidine rings is 1. The molecule has 1 aromatic heterocycles. The molecule has 2 rings (SSSR count). The number of aryl methyl sites for hydroxylation is 1. The zero-order valence-electron chi connectivity index (χ0n) is 11.7. The number of hydrogen-bond donors (Lipinski definition) is 1. The van der Waals surface area contributed by atoms with Crippen LogP contribution in [-0.4, -0.2) is 29.6 Å². The molecule has 1 saturated heterocycles.